The molecule has 0 rings (SSSR count). The van der Waals surface area contributed by atoms with E-state index in [9.17, 15) is 0 Å². The third-order valence-electron chi connectivity index (χ3n) is 0.803. The molecule has 0 aromatic heterocycles. The van der Waals surface area contributed by atoms with Gasteiger partial charge in [-0.2, -0.15) is 5.10 Å². The summed E-state index contributed by atoms with van der Waals surface area (Å²) in [5.41, 5.74) is 3.88. The molecule has 0 saturated heterocycles. The lowest BCUT2D eigenvalue weighted by molar-refractivity contribution is 0.889. The van der Waals surface area contributed by atoms with E-state index in [0.29, 0.717) is 0 Å². The summed E-state index contributed by atoms with van der Waals surface area (Å²) in [6, 6.07) is 0. The maximum Gasteiger partial charge on any atom is 0.0262 e. The highest BCUT2D eigenvalue weighted by Gasteiger charge is 1.74. The lowest BCUT2D eigenvalue weighted by Gasteiger charge is -1.94. The van der Waals surface area contributed by atoms with E-state index in [1.54, 1.807) is 6.21 Å². The Kier molecular flexibility index (Phi) is 3.94. The van der Waals surface area contributed by atoms with Crippen molar-refractivity contribution >= 4 is 6.21 Å². The fourth-order valence-corrected chi connectivity index (χ4v) is 0.231. The molecule has 0 heterocycles. The topological polar surface area (TPSA) is 24.4 Å². The van der Waals surface area contributed by atoms with Gasteiger partial charge in [0.15, 0.2) is 0 Å². The molecule has 0 spiro atoms. The molecule has 8 heavy (non-hydrogen) atoms. The molecule has 0 unspecified atom stereocenters. The van der Waals surface area contributed by atoms with E-state index >= 15 is 0 Å². The summed E-state index contributed by atoms with van der Waals surface area (Å²) < 4.78 is 0. The fraction of sp³-hybridized carbons (Fsp3) is 0.500. The molecule has 0 aliphatic heterocycles. The van der Waals surface area contributed by atoms with E-state index in [0.717, 1.165) is 5.70 Å². The van der Waals surface area contributed by atoms with Gasteiger partial charge in [-0.05, 0) is 20.8 Å². The van der Waals surface area contributed by atoms with E-state index in [4.69, 9.17) is 0 Å². The summed E-state index contributed by atoms with van der Waals surface area (Å²) in [4.78, 5) is 0. The monoisotopic (exact) mass is 112 g/mol. The molecule has 0 aromatic carbocycles. The number of nitrogens with zero attached hydrogens (tertiary/aromatic N) is 1. The van der Waals surface area contributed by atoms with Crippen LogP contribution in [0.2, 0.25) is 0 Å². The molecule has 0 aliphatic rings. The highest BCUT2D eigenvalue weighted by Crippen LogP contribution is 1.81. The first-order valence-corrected chi connectivity index (χ1v) is 2.68. The van der Waals surface area contributed by atoms with Crippen molar-refractivity contribution in [3.05, 3.63) is 11.8 Å². The van der Waals surface area contributed by atoms with Gasteiger partial charge in [-0.25, -0.2) is 0 Å². The van der Waals surface area contributed by atoms with Gasteiger partial charge >= 0.3 is 0 Å². The molecule has 0 saturated carbocycles. The Morgan fingerprint density at radius 2 is 2.12 bits per heavy atom. The molecule has 0 fully saturated rings. The zero-order valence-corrected chi connectivity index (χ0v) is 5.60. The van der Waals surface area contributed by atoms with Gasteiger partial charge < -0.3 is 0 Å². The average molecular weight is 112 g/mol. The smallest absolute Gasteiger partial charge is 0.0262 e. The Bertz CT molecular complexity index is 103. The van der Waals surface area contributed by atoms with Crippen molar-refractivity contribution in [1.82, 2.24) is 5.43 Å². The van der Waals surface area contributed by atoms with Crippen molar-refractivity contribution in [2.45, 2.75) is 20.8 Å². The Balaban J connectivity index is 3.40. The Morgan fingerprint density at radius 1 is 1.50 bits per heavy atom. The van der Waals surface area contributed by atoms with Crippen molar-refractivity contribution in [2.75, 3.05) is 0 Å². The van der Waals surface area contributed by atoms with Crippen LogP contribution >= 0.6 is 0 Å². The third kappa shape index (κ3) is 3.40. The number of hydrazone groups is 1. The summed E-state index contributed by atoms with van der Waals surface area (Å²) in [6.07, 6.45) is 3.68. The molecule has 46 valence electrons. The molecule has 0 amide bonds. The van der Waals surface area contributed by atoms with Crippen molar-refractivity contribution in [1.29, 1.82) is 0 Å². The Labute approximate surface area is 50.3 Å². The summed E-state index contributed by atoms with van der Waals surface area (Å²) in [5, 5.41) is 3.80. The van der Waals surface area contributed by atoms with Gasteiger partial charge in [0.25, 0.3) is 0 Å². The van der Waals surface area contributed by atoms with Crippen LogP contribution in [0.3, 0.4) is 0 Å². The minimum absolute atomic E-state index is 1.07. The van der Waals surface area contributed by atoms with Crippen LogP contribution in [0.4, 0.5) is 0 Å². The zero-order valence-electron chi connectivity index (χ0n) is 5.60. The van der Waals surface area contributed by atoms with Crippen LogP contribution in [0.25, 0.3) is 0 Å². The second-order valence-corrected chi connectivity index (χ2v) is 1.47. The Morgan fingerprint density at radius 3 is 2.50 bits per heavy atom. The van der Waals surface area contributed by atoms with Crippen LogP contribution in [0.15, 0.2) is 16.9 Å². The van der Waals surface area contributed by atoms with Gasteiger partial charge in [-0.3, -0.25) is 5.43 Å². The predicted octanol–water partition coefficient (Wildman–Crippen LogP) is 1.51. The molecular weight excluding hydrogens is 100 g/mol. The normalized spacial score (nSPS) is 12.6. The Hall–Kier alpha value is -0.790. The van der Waals surface area contributed by atoms with Gasteiger partial charge in [0, 0.05) is 11.9 Å². The molecule has 0 bridgehead atoms. The van der Waals surface area contributed by atoms with Gasteiger partial charge in [0.1, 0.15) is 0 Å². The number of hydrogen-bond donors (Lipinski definition) is 1. The predicted molar refractivity (Wildman–Crippen MR) is 36.7 cm³/mol. The van der Waals surface area contributed by atoms with Crippen LogP contribution in [-0.2, 0) is 0 Å². The summed E-state index contributed by atoms with van der Waals surface area (Å²) >= 11 is 0. The van der Waals surface area contributed by atoms with Crippen molar-refractivity contribution in [2.24, 2.45) is 5.10 Å². The highest BCUT2D eigenvalue weighted by atomic mass is 15.3. The molecule has 0 aliphatic carbocycles. The number of rotatable bonds is 2. The lowest BCUT2D eigenvalue weighted by atomic mass is 10.5. The maximum absolute atomic E-state index is 3.80. The molecular formula is C6H12N2. The SMILES string of the molecule is C/C=C(/C)N/N=C/C. The molecule has 2 nitrogen and oxygen atoms in total. The van der Waals surface area contributed by atoms with Crippen LogP contribution < -0.4 is 5.43 Å². The van der Waals surface area contributed by atoms with E-state index < -0.39 is 0 Å². The maximum atomic E-state index is 3.80. The van der Waals surface area contributed by atoms with E-state index in [1.807, 2.05) is 26.8 Å². The van der Waals surface area contributed by atoms with Gasteiger partial charge in [-0.15, -0.1) is 0 Å². The second kappa shape index (κ2) is 4.37. The minimum atomic E-state index is 1.07. The van der Waals surface area contributed by atoms with E-state index in [2.05, 4.69) is 10.5 Å². The quantitative estimate of drug-likeness (QED) is 0.425. The van der Waals surface area contributed by atoms with Gasteiger partial charge in [0.05, 0.1) is 0 Å². The van der Waals surface area contributed by atoms with Gasteiger partial charge in [0.2, 0.25) is 0 Å². The summed E-state index contributed by atoms with van der Waals surface area (Å²) in [5.74, 6) is 0. The highest BCUT2D eigenvalue weighted by molar-refractivity contribution is 5.52. The first-order chi connectivity index (χ1) is 3.81. The molecule has 0 atom stereocenters. The second-order valence-electron chi connectivity index (χ2n) is 1.47. The molecule has 0 aromatic rings. The van der Waals surface area contributed by atoms with Crippen LogP contribution in [-0.4, -0.2) is 6.21 Å². The van der Waals surface area contributed by atoms with E-state index in [-0.39, 0.29) is 0 Å². The van der Waals surface area contributed by atoms with E-state index in [1.165, 1.54) is 0 Å². The fourth-order valence-electron chi connectivity index (χ4n) is 0.231. The third-order valence-corrected chi connectivity index (χ3v) is 0.803. The minimum Gasteiger partial charge on any atom is -0.284 e. The molecule has 2 heteroatoms. The average Bonchev–Trinajstić information content (AvgIpc) is 1.83. The summed E-state index contributed by atoms with van der Waals surface area (Å²) in [6.45, 7) is 5.80. The van der Waals surface area contributed by atoms with Crippen LogP contribution in [0.5, 0.6) is 0 Å². The molecule has 1 N–H and O–H groups in total. The van der Waals surface area contributed by atoms with Gasteiger partial charge in [-0.1, -0.05) is 6.08 Å². The number of hydrogen-bond acceptors (Lipinski definition) is 2. The largest absolute Gasteiger partial charge is 0.284 e. The standard InChI is InChI=1S/C6H12N2/c1-4-6(3)8-7-5-2/h4-5,8H,1-3H3/b6-4-,7-5+. The van der Waals surface area contributed by atoms with Crippen molar-refractivity contribution < 1.29 is 0 Å². The summed E-state index contributed by atoms with van der Waals surface area (Å²) in [7, 11) is 0. The zero-order chi connectivity index (χ0) is 6.41. The number of allylic oxidation sites excluding steroid dienone is 2. The van der Waals surface area contributed by atoms with Crippen LogP contribution in [0, 0.1) is 0 Å². The van der Waals surface area contributed by atoms with Crippen molar-refractivity contribution in [3.63, 3.8) is 0 Å². The van der Waals surface area contributed by atoms with Crippen LogP contribution in [0.1, 0.15) is 20.8 Å². The lowest BCUT2D eigenvalue weighted by Crippen LogP contribution is -1.99. The first-order valence-electron chi connectivity index (χ1n) is 2.68. The number of nitrogens with one attached hydrogen (secondary N) is 1. The first kappa shape index (κ1) is 7.21. The van der Waals surface area contributed by atoms with Crippen molar-refractivity contribution in [3.8, 4) is 0 Å². The molecule has 0 radical (unpaired) electrons.